The first kappa shape index (κ1) is 36.6. The topological polar surface area (TPSA) is 65.3 Å². The van der Waals surface area contributed by atoms with Crippen LogP contribution in [0.3, 0.4) is 0 Å². The summed E-state index contributed by atoms with van der Waals surface area (Å²) in [7, 11) is 0. The molecule has 54 heavy (non-hydrogen) atoms. The maximum atomic E-state index is 13.1. The molecule has 3 atom stereocenters. The third-order valence-corrected chi connectivity index (χ3v) is 12.7. The largest absolute Gasteiger partial charge is 0.334 e. The van der Waals surface area contributed by atoms with Gasteiger partial charge in [0.25, 0.3) is 0 Å². The Balaban J connectivity index is 0.995. The molecule has 6 heteroatoms. The number of aryl methyl sites for hydroxylation is 1. The van der Waals surface area contributed by atoms with Crippen LogP contribution in [0.15, 0.2) is 82.1 Å². The zero-order valence-corrected chi connectivity index (χ0v) is 32.9. The van der Waals surface area contributed by atoms with E-state index in [1.54, 1.807) is 11.1 Å². The van der Waals surface area contributed by atoms with Gasteiger partial charge in [0.05, 0.1) is 11.7 Å². The monoisotopic (exact) mass is 722 g/mol. The molecule has 8 rings (SSSR count). The van der Waals surface area contributed by atoms with Crippen LogP contribution in [0.5, 0.6) is 0 Å². The Morgan fingerprint density at radius 3 is 2.54 bits per heavy atom. The van der Waals surface area contributed by atoms with Crippen LogP contribution in [0.25, 0.3) is 16.7 Å². The second-order valence-electron chi connectivity index (χ2n) is 17.4. The number of allylic oxidation sites excluding steroid dienone is 7. The number of rotatable bonds is 10. The normalized spacial score (nSPS) is 24.1. The summed E-state index contributed by atoms with van der Waals surface area (Å²) in [5.41, 5.74) is 14.5. The number of hydrogen-bond acceptors (Lipinski definition) is 4. The quantitative estimate of drug-likeness (QED) is 0.229. The van der Waals surface area contributed by atoms with Crippen LogP contribution in [-0.2, 0) is 22.4 Å². The number of hydrogen-bond donors (Lipinski definition) is 0. The van der Waals surface area contributed by atoms with Crippen LogP contribution in [0.4, 0.5) is 5.69 Å². The molecule has 2 aromatic rings. The molecule has 282 valence electrons. The van der Waals surface area contributed by atoms with Crippen molar-refractivity contribution in [1.82, 2.24) is 9.80 Å². The lowest BCUT2D eigenvalue weighted by Crippen LogP contribution is -2.41. The summed E-state index contributed by atoms with van der Waals surface area (Å²) in [4.78, 5) is 39.8. The SMILES string of the molecule is CC(C)CC(=O)N1CCC/C1=C/N=CCC1=CCC=C(c2ccc(-c3ccc4c(c3)N=C(C3CCCN3C(=O)CC(C)C)CC4)c3c2C2CCC2C3)C=C1. The van der Waals surface area contributed by atoms with E-state index in [4.69, 9.17) is 4.99 Å². The van der Waals surface area contributed by atoms with Gasteiger partial charge in [0.1, 0.15) is 0 Å². The van der Waals surface area contributed by atoms with Gasteiger partial charge in [-0.2, -0.15) is 0 Å². The number of carbonyl (C=O) groups is 2. The van der Waals surface area contributed by atoms with Crippen molar-refractivity contribution in [1.29, 1.82) is 0 Å². The Morgan fingerprint density at radius 2 is 1.72 bits per heavy atom. The third kappa shape index (κ3) is 7.50. The van der Waals surface area contributed by atoms with Gasteiger partial charge in [-0.15, -0.1) is 0 Å². The van der Waals surface area contributed by atoms with E-state index in [-0.39, 0.29) is 17.9 Å². The average Bonchev–Trinajstić information content (AvgIpc) is 3.83. The molecule has 3 heterocycles. The minimum Gasteiger partial charge on any atom is -0.334 e. The third-order valence-electron chi connectivity index (χ3n) is 12.7. The average molecular weight is 723 g/mol. The van der Waals surface area contributed by atoms with Gasteiger partial charge in [-0.05, 0) is 138 Å². The molecule has 3 fully saturated rings. The number of amides is 2. The molecule has 2 saturated heterocycles. The lowest BCUT2D eigenvalue weighted by atomic mass is 9.73. The minimum atomic E-state index is 0.155. The molecule has 3 unspecified atom stereocenters. The predicted octanol–water partition coefficient (Wildman–Crippen LogP) is 10.7. The van der Waals surface area contributed by atoms with Crippen LogP contribution >= 0.6 is 0 Å². The van der Waals surface area contributed by atoms with Gasteiger partial charge >= 0.3 is 0 Å². The van der Waals surface area contributed by atoms with Crippen molar-refractivity contribution in [3.63, 3.8) is 0 Å². The Bertz CT molecular complexity index is 1990. The summed E-state index contributed by atoms with van der Waals surface area (Å²) in [6.45, 7) is 10.1. The molecule has 1 saturated carbocycles. The molecular formula is C48H58N4O2. The van der Waals surface area contributed by atoms with Crippen molar-refractivity contribution in [2.24, 2.45) is 27.7 Å². The number of carbonyl (C=O) groups excluding carboxylic acids is 2. The number of likely N-dealkylation sites (tertiary alicyclic amines) is 2. The van der Waals surface area contributed by atoms with Gasteiger partial charge in [0.2, 0.25) is 11.8 Å². The first-order chi connectivity index (χ1) is 26.2. The zero-order valence-electron chi connectivity index (χ0n) is 32.9. The number of aliphatic imine (C=N–C) groups is 2. The maximum absolute atomic E-state index is 13.1. The van der Waals surface area contributed by atoms with Crippen LogP contribution in [0, 0.1) is 17.8 Å². The van der Waals surface area contributed by atoms with E-state index in [1.165, 1.54) is 52.0 Å². The molecule has 0 radical (unpaired) electrons. The Kier molecular flexibility index (Phi) is 10.7. The van der Waals surface area contributed by atoms with E-state index < -0.39 is 0 Å². The lowest BCUT2D eigenvalue weighted by molar-refractivity contribution is -0.132. The summed E-state index contributed by atoms with van der Waals surface area (Å²) in [6.07, 6.45) is 25.9. The Morgan fingerprint density at radius 1 is 0.889 bits per heavy atom. The number of benzene rings is 2. The van der Waals surface area contributed by atoms with Gasteiger partial charge in [0.15, 0.2) is 0 Å². The van der Waals surface area contributed by atoms with Crippen molar-refractivity contribution < 1.29 is 9.59 Å². The Labute approximate surface area is 322 Å². The minimum absolute atomic E-state index is 0.155. The second-order valence-corrected chi connectivity index (χ2v) is 17.4. The van der Waals surface area contributed by atoms with Crippen molar-refractivity contribution in [2.75, 3.05) is 13.1 Å². The number of fused-ring (bicyclic) bond motifs is 4. The van der Waals surface area contributed by atoms with Crippen LogP contribution < -0.4 is 0 Å². The molecule has 0 spiro atoms. The van der Waals surface area contributed by atoms with E-state index in [9.17, 15) is 9.59 Å². The van der Waals surface area contributed by atoms with Gasteiger partial charge in [-0.25, -0.2) is 0 Å². The molecular weight excluding hydrogens is 665 g/mol. The van der Waals surface area contributed by atoms with Crippen molar-refractivity contribution in [3.05, 3.63) is 94.4 Å². The fourth-order valence-corrected chi connectivity index (χ4v) is 9.82. The zero-order chi connectivity index (χ0) is 37.3. The van der Waals surface area contributed by atoms with E-state index >= 15 is 0 Å². The van der Waals surface area contributed by atoms with Crippen LogP contribution in [0.2, 0.25) is 0 Å². The highest BCUT2D eigenvalue weighted by molar-refractivity contribution is 5.97. The van der Waals surface area contributed by atoms with Gasteiger partial charge in [-0.3, -0.25) is 19.6 Å². The molecule has 2 aromatic carbocycles. The van der Waals surface area contributed by atoms with Crippen molar-refractivity contribution >= 4 is 35.0 Å². The summed E-state index contributed by atoms with van der Waals surface area (Å²) in [5.74, 6) is 2.66. The summed E-state index contributed by atoms with van der Waals surface area (Å²) < 4.78 is 0. The highest BCUT2D eigenvalue weighted by Crippen LogP contribution is 2.55. The van der Waals surface area contributed by atoms with Crippen LogP contribution in [-0.4, -0.2) is 52.7 Å². The predicted molar refractivity (Wildman–Crippen MR) is 222 cm³/mol. The summed E-state index contributed by atoms with van der Waals surface area (Å²) in [5, 5.41) is 0. The molecule has 3 aliphatic heterocycles. The van der Waals surface area contributed by atoms with E-state index in [2.05, 4.69) is 92.2 Å². The molecule has 3 aliphatic carbocycles. The molecule has 6 aliphatic rings. The molecule has 2 amide bonds. The first-order valence-electron chi connectivity index (χ1n) is 21.0. The fraction of sp³-hybridized carbons (Fsp3) is 0.500. The van der Waals surface area contributed by atoms with Gasteiger partial charge < -0.3 is 9.80 Å². The summed E-state index contributed by atoms with van der Waals surface area (Å²) >= 11 is 0. The molecule has 0 aromatic heterocycles. The fourth-order valence-electron chi connectivity index (χ4n) is 9.82. The van der Waals surface area contributed by atoms with E-state index in [0.29, 0.717) is 30.6 Å². The van der Waals surface area contributed by atoms with E-state index in [1.807, 2.05) is 17.3 Å². The van der Waals surface area contributed by atoms with Crippen molar-refractivity contribution in [2.45, 2.75) is 123 Å². The second kappa shape index (κ2) is 15.8. The van der Waals surface area contributed by atoms with Gasteiger partial charge in [-0.1, -0.05) is 76.3 Å². The standard InChI is InChI=1S/C48H58N4O2/c1-31(2)26-46(53)51-24-6-10-38(51)30-49-23-22-33-8-5-9-34(13-12-33)40-20-19-39(42-28-36-16-18-41(36)48(40)42)37-15-14-35-17-21-43(50-44(35)29-37)45-11-7-25-52(45)47(54)27-32(3)4/h8-9,12-15,19-20,23,29-32,36,41,45H,5-7,10-11,16-18,21-22,24-28H2,1-4H3/b38-30-,49-23?. The highest BCUT2D eigenvalue weighted by atomic mass is 16.2. The lowest BCUT2D eigenvalue weighted by Gasteiger charge is -2.31. The van der Waals surface area contributed by atoms with E-state index in [0.717, 1.165) is 88.2 Å². The molecule has 0 bridgehead atoms. The summed E-state index contributed by atoms with van der Waals surface area (Å²) in [6, 6.07) is 11.9. The van der Waals surface area contributed by atoms with Gasteiger partial charge in [0, 0.05) is 56.2 Å². The molecule has 0 N–H and O–H groups in total. The van der Waals surface area contributed by atoms with Crippen molar-refractivity contribution in [3.8, 4) is 11.1 Å². The first-order valence-corrected chi connectivity index (χ1v) is 21.0. The Hall–Kier alpha value is -4.32. The van der Waals surface area contributed by atoms with Crippen LogP contribution in [0.1, 0.15) is 126 Å². The number of nitrogens with zero attached hydrogens (tertiary/aromatic N) is 4. The maximum Gasteiger partial charge on any atom is 0.227 e. The highest BCUT2D eigenvalue weighted by Gasteiger charge is 2.42. The smallest absolute Gasteiger partial charge is 0.227 e. The molecule has 6 nitrogen and oxygen atoms in total.